The SMILES string of the molecule is CC(=O)Nc1ccc(C(=O)C(C)OC(=O)c2cc3c(cc2[N+](=O)[O-])OCCO3)cc1. The van der Waals surface area contributed by atoms with Gasteiger partial charge in [-0.3, -0.25) is 19.7 Å². The van der Waals surface area contributed by atoms with Crippen molar-refractivity contribution in [3.63, 3.8) is 0 Å². The lowest BCUT2D eigenvalue weighted by molar-refractivity contribution is -0.385. The standard InChI is InChI=1S/C20H18N2O8/c1-11(19(24)13-3-5-14(6-4-13)21-12(2)23)30-20(25)15-9-17-18(29-8-7-28-17)10-16(15)22(26)27/h3-6,9-11H,7-8H2,1-2H3,(H,21,23). The average molecular weight is 414 g/mol. The fourth-order valence-electron chi connectivity index (χ4n) is 2.83. The van der Waals surface area contributed by atoms with Crippen LogP contribution in [-0.2, 0) is 9.53 Å². The van der Waals surface area contributed by atoms with Crippen LogP contribution in [0.15, 0.2) is 36.4 Å². The maximum absolute atomic E-state index is 12.6. The molecular weight excluding hydrogens is 396 g/mol. The van der Waals surface area contributed by atoms with Crippen LogP contribution in [0.2, 0.25) is 0 Å². The van der Waals surface area contributed by atoms with Crippen LogP contribution >= 0.6 is 0 Å². The summed E-state index contributed by atoms with van der Waals surface area (Å²) in [6.45, 7) is 3.20. The molecule has 10 nitrogen and oxygen atoms in total. The molecule has 1 atom stereocenters. The number of nitro groups is 1. The Balaban J connectivity index is 1.77. The molecule has 1 N–H and O–H groups in total. The topological polar surface area (TPSA) is 134 Å². The van der Waals surface area contributed by atoms with Gasteiger partial charge < -0.3 is 19.5 Å². The van der Waals surface area contributed by atoms with Crippen LogP contribution in [0.3, 0.4) is 0 Å². The Morgan fingerprint density at radius 2 is 1.70 bits per heavy atom. The van der Waals surface area contributed by atoms with Gasteiger partial charge in [0.1, 0.15) is 18.8 Å². The number of benzene rings is 2. The second-order valence-corrected chi connectivity index (χ2v) is 6.44. The molecule has 0 bridgehead atoms. The van der Waals surface area contributed by atoms with E-state index in [1.807, 2.05) is 0 Å². The lowest BCUT2D eigenvalue weighted by atomic mass is 10.1. The van der Waals surface area contributed by atoms with Crippen molar-refractivity contribution in [3.05, 3.63) is 57.6 Å². The Morgan fingerprint density at radius 3 is 2.27 bits per heavy atom. The van der Waals surface area contributed by atoms with Gasteiger partial charge in [-0.25, -0.2) is 4.79 Å². The number of amides is 1. The number of anilines is 1. The number of rotatable bonds is 6. The molecule has 3 rings (SSSR count). The van der Waals surface area contributed by atoms with Crippen molar-refractivity contribution in [1.29, 1.82) is 0 Å². The van der Waals surface area contributed by atoms with Crippen molar-refractivity contribution < 1.29 is 33.5 Å². The fourth-order valence-corrected chi connectivity index (χ4v) is 2.83. The van der Waals surface area contributed by atoms with Gasteiger partial charge >= 0.3 is 5.97 Å². The molecule has 1 aliphatic heterocycles. The molecule has 1 amide bonds. The summed E-state index contributed by atoms with van der Waals surface area (Å²) in [6.07, 6.45) is -1.20. The Kier molecular flexibility index (Phi) is 5.95. The first kappa shape index (κ1) is 20.8. The monoisotopic (exact) mass is 414 g/mol. The Hall–Kier alpha value is -3.95. The smallest absolute Gasteiger partial charge is 0.346 e. The number of nitrogens with zero attached hydrogens (tertiary/aromatic N) is 1. The van der Waals surface area contributed by atoms with Gasteiger partial charge in [0, 0.05) is 24.2 Å². The molecule has 30 heavy (non-hydrogen) atoms. The zero-order valence-electron chi connectivity index (χ0n) is 16.2. The summed E-state index contributed by atoms with van der Waals surface area (Å²) in [5, 5.41) is 13.9. The first-order valence-corrected chi connectivity index (χ1v) is 8.97. The van der Waals surface area contributed by atoms with Gasteiger partial charge in [0.2, 0.25) is 11.7 Å². The number of Topliss-reactive ketones (excluding diaryl/α,β-unsaturated/α-hetero) is 1. The second kappa shape index (κ2) is 8.60. The van der Waals surface area contributed by atoms with Gasteiger partial charge in [-0.1, -0.05) is 0 Å². The number of ether oxygens (including phenoxy) is 3. The van der Waals surface area contributed by atoms with E-state index < -0.39 is 28.5 Å². The zero-order valence-corrected chi connectivity index (χ0v) is 16.2. The summed E-state index contributed by atoms with van der Waals surface area (Å²) in [7, 11) is 0. The summed E-state index contributed by atoms with van der Waals surface area (Å²) in [5.74, 6) is -1.44. The van der Waals surface area contributed by atoms with Crippen LogP contribution in [0.5, 0.6) is 11.5 Å². The van der Waals surface area contributed by atoms with E-state index in [4.69, 9.17) is 14.2 Å². The van der Waals surface area contributed by atoms with Crippen molar-refractivity contribution in [2.24, 2.45) is 0 Å². The molecule has 0 radical (unpaired) electrons. The molecule has 1 heterocycles. The average Bonchev–Trinajstić information content (AvgIpc) is 2.72. The molecule has 156 valence electrons. The first-order valence-electron chi connectivity index (χ1n) is 8.97. The van der Waals surface area contributed by atoms with E-state index in [0.29, 0.717) is 5.69 Å². The molecular formula is C20H18N2O8. The normalized spacial score (nSPS) is 13.1. The minimum Gasteiger partial charge on any atom is -0.486 e. The van der Waals surface area contributed by atoms with Crippen molar-refractivity contribution in [2.45, 2.75) is 20.0 Å². The van der Waals surface area contributed by atoms with Gasteiger partial charge in [0.05, 0.1) is 11.0 Å². The van der Waals surface area contributed by atoms with Crippen molar-refractivity contribution in [1.82, 2.24) is 0 Å². The molecule has 0 aliphatic carbocycles. The highest BCUT2D eigenvalue weighted by molar-refractivity contribution is 6.02. The lowest BCUT2D eigenvalue weighted by Crippen LogP contribution is -2.25. The molecule has 1 unspecified atom stereocenters. The first-order chi connectivity index (χ1) is 14.3. The Labute approximate surface area is 170 Å². The van der Waals surface area contributed by atoms with Gasteiger partial charge in [-0.05, 0) is 31.2 Å². The third-order valence-corrected chi connectivity index (χ3v) is 4.22. The number of hydrogen-bond donors (Lipinski definition) is 1. The summed E-state index contributed by atoms with van der Waals surface area (Å²) >= 11 is 0. The maximum Gasteiger partial charge on any atom is 0.346 e. The van der Waals surface area contributed by atoms with E-state index in [0.717, 1.165) is 6.07 Å². The highest BCUT2D eigenvalue weighted by Gasteiger charge is 2.29. The molecule has 0 spiro atoms. The van der Waals surface area contributed by atoms with Crippen LogP contribution in [0.4, 0.5) is 11.4 Å². The Morgan fingerprint density at radius 1 is 1.10 bits per heavy atom. The number of esters is 1. The molecule has 0 fully saturated rings. The molecule has 1 aliphatic rings. The van der Waals surface area contributed by atoms with E-state index in [-0.39, 0.29) is 41.7 Å². The largest absolute Gasteiger partial charge is 0.486 e. The third-order valence-electron chi connectivity index (χ3n) is 4.22. The molecule has 0 saturated carbocycles. The summed E-state index contributed by atoms with van der Waals surface area (Å²) in [5.41, 5.74) is -0.0925. The number of carbonyl (C=O) groups is 3. The predicted octanol–water partition coefficient (Wildman–Crippen LogP) is 2.75. The number of hydrogen-bond acceptors (Lipinski definition) is 8. The predicted molar refractivity (Wildman–Crippen MR) is 104 cm³/mol. The number of nitrogens with one attached hydrogen (secondary N) is 1. The van der Waals surface area contributed by atoms with E-state index >= 15 is 0 Å². The summed E-state index contributed by atoms with van der Waals surface area (Å²) in [6, 6.07) is 8.30. The summed E-state index contributed by atoms with van der Waals surface area (Å²) < 4.78 is 15.8. The van der Waals surface area contributed by atoms with E-state index in [2.05, 4.69) is 5.32 Å². The fraction of sp³-hybridized carbons (Fsp3) is 0.250. The van der Waals surface area contributed by atoms with Crippen LogP contribution < -0.4 is 14.8 Å². The van der Waals surface area contributed by atoms with Crippen LogP contribution in [0.1, 0.15) is 34.6 Å². The van der Waals surface area contributed by atoms with Crippen molar-refractivity contribution in [2.75, 3.05) is 18.5 Å². The highest BCUT2D eigenvalue weighted by Crippen LogP contribution is 2.37. The van der Waals surface area contributed by atoms with E-state index in [1.54, 1.807) is 0 Å². The molecule has 2 aromatic carbocycles. The second-order valence-electron chi connectivity index (χ2n) is 6.44. The van der Waals surface area contributed by atoms with E-state index in [1.165, 1.54) is 44.2 Å². The molecule has 0 saturated heterocycles. The van der Waals surface area contributed by atoms with Crippen molar-refractivity contribution in [3.8, 4) is 11.5 Å². The summed E-state index contributed by atoms with van der Waals surface area (Å²) in [4.78, 5) is 46.8. The van der Waals surface area contributed by atoms with Gasteiger partial charge in [-0.2, -0.15) is 0 Å². The Bertz CT molecular complexity index is 1020. The number of carbonyl (C=O) groups excluding carboxylic acids is 3. The maximum atomic E-state index is 12.6. The molecule has 0 aromatic heterocycles. The highest BCUT2D eigenvalue weighted by atomic mass is 16.6. The van der Waals surface area contributed by atoms with Crippen LogP contribution in [-0.4, -0.2) is 41.9 Å². The lowest BCUT2D eigenvalue weighted by Gasteiger charge is -2.19. The van der Waals surface area contributed by atoms with Crippen molar-refractivity contribution >= 4 is 29.0 Å². The van der Waals surface area contributed by atoms with Crippen LogP contribution in [0, 0.1) is 10.1 Å². The number of ketones is 1. The van der Waals surface area contributed by atoms with E-state index in [9.17, 15) is 24.5 Å². The van der Waals surface area contributed by atoms with Crippen LogP contribution in [0.25, 0.3) is 0 Å². The minimum atomic E-state index is -1.20. The zero-order chi connectivity index (χ0) is 21.8. The molecule has 10 heteroatoms. The number of fused-ring (bicyclic) bond motifs is 1. The molecule has 2 aromatic rings. The van der Waals surface area contributed by atoms with Gasteiger partial charge in [-0.15, -0.1) is 0 Å². The third kappa shape index (κ3) is 4.54. The number of nitro benzene ring substituents is 1. The van der Waals surface area contributed by atoms with Gasteiger partial charge in [0.15, 0.2) is 17.6 Å². The van der Waals surface area contributed by atoms with Gasteiger partial charge in [0.25, 0.3) is 5.69 Å². The quantitative estimate of drug-likeness (QED) is 0.330. The minimum absolute atomic E-state index is 0.160.